The lowest BCUT2D eigenvalue weighted by atomic mass is 10.1. The molecule has 21 heavy (non-hydrogen) atoms. The van der Waals surface area contributed by atoms with Gasteiger partial charge in [-0.1, -0.05) is 24.3 Å². The average molecular weight is 302 g/mol. The topological polar surface area (TPSA) is 38.0 Å². The van der Waals surface area contributed by atoms with Crippen molar-refractivity contribution in [3.05, 3.63) is 64.5 Å². The van der Waals surface area contributed by atoms with E-state index in [9.17, 15) is 22.0 Å². The van der Waals surface area contributed by atoms with Crippen molar-refractivity contribution in [2.45, 2.75) is 13.1 Å². The van der Waals surface area contributed by atoms with Gasteiger partial charge in [0.2, 0.25) is 5.82 Å². The lowest BCUT2D eigenvalue weighted by molar-refractivity contribution is 0.381. The Kier molecular flexibility index (Phi) is 4.42. The molecule has 2 nitrogen and oxygen atoms in total. The number of anilines is 1. The predicted molar refractivity (Wildman–Crippen MR) is 67.9 cm³/mol. The Morgan fingerprint density at radius 2 is 1.24 bits per heavy atom. The number of benzene rings is 2. The summed E-state index contributed by atoms with van der Waals surface area (Å²) in [7, 11) is 0. The van der Waals surface area contributed by atoms with Crippen molar-refractivity contribution >= 4 is 5.69 Å². The van der Waals surface area contributed by atoms with E-state index >= 15 is 0 Å². The van der Waals surface area contributed by atoms with Gasteiger partial charge in [0.25, 0.3) is 0 Å². The summed E-state index contributed by atoms with van der Waals surface area (Å²) in [6, 6.07) is 6.75. The lowest BCUT2D eigenvalue weighted by Crippen LogP contribution is -2.11. The van der Waals surface area contributed by atoms with Crippen LogP contribution in [0.15, 0.2) is 24.3 Å². The SMILES string of the molecule is NCc1ccccc1CNc1c(F)c(F)c(F)c(F)c1F. The summed E-state index contributed by atoms with van der Waals surface area (Å²) in [6.45, 7) is 0.0701. The smallest absolute Gasteiger partial charge is 0.200 e. The van der Waals surface area contributed by atoms with Crippen molar-refractivity contribution in [3.8, 4) is 0 Å². The molecule has 3 N–H and O–H groups in total. The lowest BCUT2D eigenvalue weighted by Gasteiger charge is -2.12. The Balaban J connectivity index is 2.33. The molecule has 0 bridgehead atoms. The Labute approximate surface area is 117 Å². The molecule has 2 aromatic rings. The van der Waals surface area contributed by atoms with Crippen LogP contribution in [0.5, 0.6) is 0 Å². The molecule has 0 saturated heterocycles. The molecule has 0 atom stereocenters. The molecule has 0 unspecified atom stereocenters. The number of nitrogens with two attached hydrogens (primary N) is 1. The first kappa shape index (κ1) is 15.2. The van der Waals surface area contributed by atoms with E-state index in [4.69, 9.17) is 5.73 Å². The Hall–Kier alpha value is -2.15. The van der Waals surface area contributed by atoms with Crippen LogP contribution >= 0.6 is 0 Å². The summed E-state index contributed by atoms with van der Waals surface area (Å²) >= 11 is 0. The molecule has 0 aliphatic rings. The summed E-state index contributed by atoms with van der Waals surface area (Å²) < 4.78 is 66.0. The molecule has 2 aromatic carbocycles. The third kappa shape index (κ3) is 2.82. The second kappa shape index (κ2) is 6.09. The molecular formula is C14H11F5N2. The molecule has 0 amide bonds. The van der Waals surface area contributed by atoms with E-state index in [0.29, 0.717) is 11.1 Å². The van der Waals surface area contributed by atoms with E-state index in [2.05, 4.69) is 5.32 Å². The van der Waals surface area contributed by atoms with Gasteiger partial charge in [0.05, 0.1) is 0 Å². The molecule has 112 valence electrons. The largest absolute Gasteiger partial charge is 0.376 e. The normalized spacial score (nSPS) is 10.8. The molecule has 0 saturated carbocycles. The van der Waals surface area contributed by atoms with Gasteiger partial charge >= 0.3 is 0 Å². The molecule has 2 rings (SSSR count). The fourth-order valence-corrected chi connectivity index (χ4v) is 1.87. The highest BCUT2D eigenvalue weighted by atomic mass is 19.2. The summed E-state index contributed by atoms with van der Waals surface area (Å²) in [4.78, 5) is 0. The first-order valence-electron chi connectivity index (χ1n) is 5.99. The van der Waals surface area contributed by atoms with Crippen molar-refractivity contribution in [2.75, 3.05) is 5.32 Å². The van der Waals surface area contributed by atoms with Gasteiger partial charge < -0.3 is 11.1 Å². The van der Waals surface area contributed by atoms with E-state index in [-0.39, 0.29) is 13.1 Å². The standard InChI is InChI=1S/C14H11F5N2/c15-9-10(16)12(18)14(13(19)11(9)17)21-6-8-4-2-1-3-7(8)5-20/h1-4,21H,5-6,20H2. The monoisotopic (exact) mass is 302 g/mol. The van der Waals surface area contributed by atoms with Crippen molar-refractivity contribution in [1.29, 1.82) is 0 Å². The molecule has 0 fully saturated rings. The van der Waals surface area contributed by atoms with Crippen molar-refractivity contribution in [3.63, 3.8) is 0 Å². The molecule has 0 radical (unpaired) electrons. The Morgan fingerprint density at radius 1 is 0.762 bits per heavy atom. The number of rotatable bonds is 4. The van der Waals surface area contributed by atoms with Crippen LogP contribution in [0, 0.1) is 29.1 Å². The number of halogens is 5. The molecule has 0 aliphatic carbocycles. The minimum absolute atomic E-state index is 0.119. The van der Waals surface area contributed by atoms with Gasteiger partial charge in [-0.3, -0.25) is 0 Å². The highest BCUT2D eigenvalue weighted by molar-refractivity contribution is 5.48. The van der Waals surface area contributed by atoms with Crippen LogP contribution in [0.25, 0.3) is 0 Å². The summed E-state index contributed by atoms with van der Waals surface area (Å²) in [6.07, 6.45) is 0. The van der Waals surface area contributed by atoms with Crippen LogP contribution in [-0.2, 0) is 13.1 Å². The second-order valence-electron chi connectivity index (χ2n) is 4.27. The van der Waals surface area contributed by atoms with E-state index in [0.717, 1.165) is 0 Å². The van der Waals surface area contributed by atoms with E-state index in [1.165, 1.54) is 0 Å². The van der Waals surface area contributed by atoms with Gasteiger partial charge in [0.15, 0.2) is 23.3 Å². The Bertz CT molecular complexity index is 644. The van der Waals surface area contributed by atoms with Crippen LogP contribution in [0.3, 0.4) is 0 Å². The van der Waals surface area contributed by atoms with Gasteiger partial charge in [0.1, 0.15) is 5.69 Å². The number of hydrogen-bond donors (Lipinski definition) is 2. The van der Waals surface area contributed by atoms with Crippen molar-refractivity contribution in [2.24, 2.45) is 5.73 Å². The van der Waals surface area contributed by atoms with Crippen LogP contribution in [0.4, 0.5) is 27.6 Å². The first-order valence-corrected chi connectivity index (χ1v) is 5.99. The minimum atomic E-state index is -2.18. The molecular weight excluding hydrogens is 291 g/mol. The maximum Gasteiger partial charge on any atom is 0.200 e. The summed E-state index contributed by atoms with van der Waals surface area (Å²) in [5.41, 5.74) is 5.75. The van der Waals surface area contributed by atoms with E-state index in [1.54, 1.807) is 24.3 Å². The molecule has 7 heteroatoms. The predicted octanol–water partition coefficient (Wildman–Crippen LogP) is 3.45. The van der Waals surface area contributed by atoms with Gasteiger partial charge in [-0.25, -0.2) is 22.0 Å². The molecule has 0 spiro atoms. The van der Waals surface area contributed by atoms with Gasteiger partial charge in [-0.2, -0.15) is 0 Å². The number of hydrogen-bond acceptors (Lipinski definition) is 2. The Morgan fingerprint density at radius 3 is 1.76 bits per heavy atom. The average Bonchev–Trinajstić information content (AvgIpc) is 2.51. The van der Waals surface area contributed by atoms with Gasteiger partial charge in [-0.15, -0.1) is 0 Å². The van der Waals surface area contributed by atoms with Crippen LogP contribution in [0.2, 0.25) is 0 Å². The fourth-order valence-electron chi connectivity index (χ4n) is 1.87. The highest BCUT2D eigenvalue weighted by Gasteiger charge is 2.25. The minimum Gasteiger partial charge on any atom is -0.376 e. The van der Waals surface area contributed by atoms with Gasteiger partial charge in [0, 0.05) is 13.1 Å². The zero-order chi connectivity index (χ0) is 15.6. The fraction of sp³-hybridized carbons (Fsp3) is 0.143. The maximum atomic E-state index is 13.5. The third-order valence-corrected chi connectivity index (χ3v) is 3.00. The quantitative estimate of drug-likeness (QED) is 0.516. The zero-order valence-electron chi connectivity index (χ0n) is 10.7. The number of nitrogens with one attached hydrogen (secondary N) is 1. The summed E-state index contributed by atoms with van der Waals surface area (Å²) in [5, 5.41) is 2.23. The van der Waals surface area contributed by atoms with E-state index in [1.807, 2.05) is 0 Å². The van der Waals surface area contributed by atoms with Crippen molar-refractivity contribution in [1.82, 2.24) is 0 Å². The maximum absolute atomic E-state index is 13.5. The van der Waals surface area contributed by atoms with Crippen LogP contribution in [-0.4, -0.2) is 0 Å². The van der Waals surface area contributed by atoms with E-state index < -0.39 is 34.8 Å². The summed E-state index contributed by atoms with van der Waals surface area (Å²) in [5.74, 6) is -9.93. The van der Waals surface area contributed by atoms with Gasteiger partial charge in [-0.05, 0) is 11.1 Å². The van der Waals surface area contributed by atoms with Crippen molar-refractivity contribution < 1.29 is 22.0 Å². The van der Waals surface area contributed by atoms with Crippen LogP contribution < -0.4 is 11.1 Å². The second-order valence-corrected chi connectivity index (χ2v) is 4.27. The van der Waals surface area contributed by atoms with Crippen LogP contribution in [0.1, 0.15) is 11.1 Å². The zero-order valence-corrected chi connectivity index (χ0v) is 10.7. The third-order valence-electron chi connectivity index (χ3n) is 3.00. The first-order chi connectivity index (χ1) is 9.97. The molecule has 0 aliphatic heterocycles. The molecule has 0 heterocycles. The highest BCUT2D eigenvalue weighted by Crippen LogP contribution is 2.27. The molecule has 0 aromatic heterocycles.